The van der Waals surface area contributed by atoms with Crippen LogP contribution in [0.4, 0.5) is 0 Å². The molecule has 0 spiro atoms. The molecule has 0 aliphatic rings. The zero-order valence-electron chi connectivity index (χ0n) is 8.71. The SMILES string of the molecule is Cc1nc(-c2cccc3cnccc23)no1. The number of nitrogens with zero attached hydrogens (tertiary/aromatic N) is 3. The number of aryl methyl sites for hydroxylation is 1. The van der Waals surface area contributed by atoms with Crippen molar-refractivity contribution in [3.8, 4) is 11.4 Å². The fourth-order valence-corrected chi connectivity index (χ4v) is 1.73. The first-order chi connectivity index (χ1) is 7.84. The van der Waals surface area contributed by atoms with Gasteiger partial charge in [-0.3, -0.25) is 4.98 Å². The Morgan fingerprint density at radius 1 is 1.19 bits per heavy atom. The minimum Gasteiger partial charge on any atom is -0.339 e. The molecule has 0 amide bonds. The van der Waals surface area contributed by atoms with E-state index in [-0.39, 0.29) is 0 Å². The van der Waals surface area contributed by atoms with E-state index in [0.29, 0.717) is 11.7 Å². The highest BCUT2D eigenvalue weighted by molar-refractivity contribution is 5.94. The van der Waals surface area contributed by atoms with E-state index in [0.717, 1.165) is 16.3 Å². The zero-order chi connectivity index (χ0) is 11.0. The number of rotatable bonds is 1. The normalized spacial score (nSPS) is 10.8. The molecule has 0 atom stereocenters. The van der Waals surface area contributed by atoms with Gasteiger partial charge in [-0.25, -0.2) is 0 Å². The molecule has 2 heterocycles. The molecule has 3 aromatic rings. The third kappa shape index (κ3) is 1.35. The van der Waals surface area contributed by atoms with Crippen LogP contribution in [0.15, 0.2) is 41.2 Å². The molecular formula is C12H9N3O. The van der Waals surface area contributed by atoms with E-state index in [1.807, 2.05) is 30.5 Å². The molecule has 0 aliphatic heterocycles. The van der Waals surface area contributed by atoms with Gasteiger partial charge in [-0.1, -0.05) is 23.4 Å². The van der Waals surface area contributed by atoms with E-state index in [1.165, 1.54) is 0 Å². The Morgan fingerprint density at radius 3 is 2.94 bits per heavy atom. The Hall–Kier alpha value is -2.23. The predicted molar refractivity (Wildman–Crippen MR) is 59.8 cm³/mol. The molecule has 78 valence electrons. The zero-order valence-corrected chi connectivity index (χ0v) is 8.71. The summed E-state index contributed by atoms with van der Waals surface area (Å²) in [4.78, 5) is 8.32. The summed E-state index contributed by atoms with van der Waals surface area (Å²) < 4.78 is 4.99. The van der Waals surface area contributed by atoms with Crippen molar-refractivity contribution in [3.63, 3.8) is 0 Å². The third-order valence-electron chi connectivity index (χ3n) is 2.45. The molecule has 0 N–H and O–H groups in total. The number of pyridine rings is 1. The van der Waals surface area contributed by atoms with Crippen molar-refractivity contribution in [2.24, 2.45) is 0 Å². The highest BCUT2D eigenvalue weighted by atomic mass is 16.5. The van der Waals surface area contributed by atoms with Crippen LogP contribution in [0.2, 0.25) is 0 Å². The lowest BCUT2D eigenvalue weighted by Crippen LogP contribution is -1.84. The smallest absolute Gasteiger partial charge is 0.223 e. The maximum atomic E-state index is 4.99. The van der Waals surface area contributed by atoms with Gasteiger partial charge in [0.05, 0.1) is 0 Å². The molecule has 0 saturated carbocycles. The van der Waals surface area contributed by atoms with Gasteiger partial charge < -0.3 is 4.52 Å². The number of hydrogen-bond donors (Lipinski definition) is 0. The highest BCUT2D eigenvalue weighted by Crippen LogP contribution is 2.25. The summed E-state index contributed by atoms with van der Waals surface area (Å²) in [6.07, 6.45) is 3.59. The summed E-state index contributed by atoms with van der Waals surface area (Å²) in [5.74, 6) is 1.19. The van der Waals surface area contributed by atoms with Gasteiger partial charge in [0.2, 0.25) is 11.7 Å². The summed E-state index contributed by atoms with van der Waals surface area (Å²) in [5.41, 5.74) is 0.969. The molecule has 2 aromatic heterocycles. The standard InChI is InChI=1S/C12H9N3O/c1-8-14-12(15-16-8)11-4-2-3-9-7-13-6-5-10(9)11/h2-7H,1H3. The van der Waals surface area contributed by atoms with Crippen molar-refractivity contribution in [2.45, 2.75) is 6.92 Å². The van der Waals surface area contributed by atoms with Gasteiger partial charge in [-0.2, -0.15) is 4.98 Å². The maximum absolute atomic E-state index is 4.99. The quantitative estimate of drug-likeness (QED) is 0.620. The average molecular weight is 211 g/mol. The molecule has 0 radical (unpaired) electrons. The maximum Gasteiger partial charge on any atom is 0.223 e. The van der Waals surface area contributed by atoms with Crippen molar-refractivity contribution >= 4 is 10.8 Å². The summed E-state index contributed by atoms with van der Waals surface area (Å²) in [7, 11) is 0. The van der Waals surface area contributed by atoms with Gasteiger partial charge in [0.15, 0.2) is 0 Å². The first kappa shape index (κ1) is 9.03. The average Bonchev–Trinajstić information content (AvgIpc) is 2.75. The highest BCUT2D eigenvalue weighted by Gasteiger charge is 2.08. The number of fused-ring (bicyclic) bond motifs is 1. The van der Waals surface area contributed by atoms with E-state index >= 15 is 0 Å². The minimum atomic E-state index is 0.570. The van der Waals surface area contributed by atoms with E-state index in [4.69, 9.17) is 4.52 Å². The summed E-state index contributed by atoms with van der Waals surface area (Å²) in [5, 5.41) is 6.08. The Balaban J connectivity index is 2.31. The van der Waals surface area contributed by atoms with Crippen LogP contribution in [0.3, 0.4) is 0 Å². The van der Waals surface area contributed by atoms with Gasteiger partial charge in [0.1, 0.15) is 0 Å². The van der Waals surface area contributed by atoms with Crippen molar-refractivity contribution in [3.05, 3.63) is 42.5 Å². The van der Waals surface area contributed by atoms with Gasteiger partial charge in [0.25, 0.3) is 0 Å². The topological polar surface area (TPSA) is 51.8 Å². The van der Waals surface area contributed by atoms with Crippen molar-refractivity contribution in [2.75, 3.05) is 0 Å². The Kier molecular flexibility index (Phi) is 1.93. The van der Waals surface area contributed by atoms with Crippen molar-refractivity contribution < 1.29 is 4.52 Å². The molecular weight excluding hydrogens is 202 g/mol. The minimum absolute atomic E-state index is 0.570. The number of benzene rings is 1. The van der Waals surface area contributed by atoms with Gasteiger partial charge >= 0.3 is 0 Å². The fourth-order valence-electron chi connectivity index (χ4n) is 1.73. The first-order valence-electron chi connectivity index (χ1n) is 4.98. The second-order valence-electron chi connectivity index (χ2n) is 3.54. The molecule has 0 aliphatic carbocycles. The Morgan fingerprint density at radius 2 is 2.12 bits per heavy atom. The van der Waals surface area contributed by atoms with Gasteiger partial charge in [0, 0.05) is 30.3 Å². The van der Waals surface area contributed by atoms with Crippen LogP contribution in [-0.2, 0) is 0 Å². The van der Waals surface area contributed by atoms with Crippen LogP contribution in [0.25, 0.3) is 22.2 Å². The lowest BCUT2D eigenvalue weighted by molar-refractivity contribution is 0.394. The fraction of sp³-hybridized carbons (Fsp3) is 0.0833. The second-order valence-corrected chi connectivity index (χ2v) is 3.54. The van der Waals surface area contributed by atoms with Crippen LogP contribution < -0.4 is 0 Å². The van der Waals surface area contributed by atoms with Crippen LogP contribution in [-0.4, -0.2) is 15.1 Å². The van der Waals surface area contributed by atoms with E-state index in [1.54, 1.807) is 13.1 Å². The Labute approximate surface area is 91.9 Å². The molecule has 3 rings (SSSR count). The van der Waals surface area contributed by atoms with Crippen molar-refractivity contribution in [1.29, 1.82) is 0 Å². The first-order valence-corrected chi connectivity index (χ1v) is 4.98. The van der Waals surface area contributed by atoms with Crippen LogP contribution in [0, 0.1) is 6.92 Å². The largest absolute Gasteiger partial charge is 0.339 e. The molecule has 1 aromatic carbocycles. The third-order valence-corrected chi connectivity index (χ3v) is 2.45. The number of aromatic nitrogens is 3. The van der Waals surface area contributed by atoms with E-state index < -0.39 is 0 Å². The molecule has 16 heavy (non-hydrogen) atoms. The van der Waals surface area contributed by atoms with E-state index in [2.05, 4.69) is 15.1 Å². The number of hydrogen-bond acceptors (Lipinski definition) is 4. The molecule has 0 fully saturated rings. The second kappa shape index (κ2) is 3.41. The summed E-state index contributed by atoms with van der Waals surface area (Å²) in [6.45, 7) is 1.78. The summed E-state index contributed by atoms with van der Waals surface area (Å²) in [6, 6.07) is 7.91. The van der Waals surface area contributed by atoms with Gasteiger partial charge in [-0.15, -0.1) is 0 Å². The van der Waals surface area contributed by atoms with Crippen LogP contribution in [0.1, 0.15) is 5.89 Å². The lowest BCUT2D eigenvalue weighted by Gasteiger charge is -2.00. The van der Waals surface area contributed by atoms with Crippen molar-refractivity contribution in [1.82, 2.24) is 15.1 Å². The molecule has 0 saturated heterocycles. The van der Waals surface area contributed by atoms with Crippen LogP contribution in [0.5, 0.6) is 0 Å². The Bertz CT molecular complexity index is 640. The van der Waals surface area contributed by atoms with Gasteiger partial charge in [-0.05, 0) is 11.5 Å². The van der Waals surface area contributed by atoms with E-state index in [9.17, 15) is 0 Å². The summed E-state index contributed by atoms with van der Waals surface area (Å²) >= 11 is 0. The molecule has 4 heteroatoms. The molecule has 0 bridgehead atoms. The molecule has 4 nitrogen and oxygen atoms in total. The monoisotopic (exact) mass is 211 g/mol. The lowest BCUT2D eigenvalue weighted by atomic mass is 10.1. The van der Waals surface area contributed by atoms with Crippen LogP contribution >= 0.6 is 0 Å². The molecule has 0 unspecified atom stereocenters. The predicted octanol–water partition coefficient (Wildman–Crippen LogP) is 2.59.